The third kappa shape index (κ3) is 2.72. The van der Waals surface area contributed by atoms with Crippen LogP contribution < -0.4 is 5.32 Å². The molecule has 0 aromatic heterocycles. The topological polar surface area (TPSA) is 29.1 Å². The van der Waals surface area contributed by atoms with Gasteiger partial charge in [-0.25, -0.2) is 0 Å². The van der Waals surface area contributed by atoms with Gasteiger partial charge < -0.3 is 5.32 Å². The molecule has 3 heteroatoms. The SMILES string of the molecule is O=C1Nc2cc(Cl)ccc2/C1=C/c1ccc(-c2ccccc2)cc1. The van der Waals surface area contributed by atoms with Gasteiger partial charge in [-0.2, -0.15) is 0 Å². The smallest absolute Gasteiger partial charge is 0.256 e. The lowest BCUT2D eigenvalue weighted by Gasteiger charge is -2.03. The fraction of sp³-hybridized carbons (Fsp3) is 0. The van der Waals surface area contributed by atoms with E-state index < -0.39 is 0 Å². The fourth-order valence-corrected chi connectivity index (χ4v) is 3.05. The molecular formula is C21H14ClNO. The van der Waals surface area contributed by atoms with Gasteiger partial charge in [-0.05, 0) is 34.9 Å². The number of hydrogen-bond donors (Lipinski definition) is 1. The number of amides is 1. The van der Waals surface area contributed by atoms with E-state index in [1.165, 1.54) is 5.56 Å². The molecule has 0 fully saturated rings. The highest BCUT2D eigenvalue weighted by Crippen LogP contribution is 2.35. The summed E-state index contributed by atoms with van der Waals surface area (Å²) in [6.45, 7) is 0. The summed E-state index contributed by atoms with van der Waals surface area (Å²) in [6.07, 6.45) is 1.91. The zero-order valence-corrected chi connectivity index (χ0v) is 13.5. The van der Waals surface area contributed by atoms with Crippen LogP contribution in [0.25, 0.3) is 22.8 Å². The van der Waals surface area contributed by atoms with Crippen molar-refractivity contribution in [3.63, 3.8) is 0 Å². The summed E-state index contributed by atoms with van der Waals surface area (Å²) in [6, 6.07) is 23.8. The van der Waals surface area contributed by atoms with Crippen molar-refractivity contribution in [2.75, 3.05) is 5.32 Å². The molecule has 3 aromatic rings. The minimum absolute atomic E-state index is 0.0978. The summed E-state index contributed by atoms with van der Waals surface area (Å²) in [4.78, 5) is 12.2. The van der Waals surface area contributed by atoms with E-state index in [9.17, 15) is 4.79 Å². The second-order valence-electron chi connectivity index (χ2n) is 5.69. The lowest BCUT2D eigenvalue weighted by Crippen LogP contribution is -2.03. The Labute approximate surface area is 145 Å². The minimum Gasteiger partial charge on any atom is -0.321 e. The molecule has 2 nitrogen and oxygen atoms in total. The number of benzene rings is 3. The van der Waals surface area contributed by atoms with Crippen molar-refractivity contribution in [3.8, 4) is 11.1 Å². The molecule has 0 bridgehead atoms. The molecule has 24 heavy (non-hydrogen) atoms. The molecule has 0 radical (unpaired) electrons. The van der Waals surface area contributed by atoms with E-state index >= 15 is 0 Å². The number of anilines is 1. The summed E-state index contributed by atoms with van der Waals surface area (Å²) in [7, 11) is 0. The molecule has 116 valence electrons. The van der Waals surface area contributed by atoms with E-state index in [4.69, 9.17) is 11.6 Å². The minimum atomic E-state index is -0.0978. The van der Waals surface area contributed by atoms with Crippen molar-refractivity contribution in [2.45, 2.75) is 0 Å². The van der Waals surface area contributed by atoms with Crippen LogP contribution in [0.1, 0.15) is 11.1 Å². The Morgan fingerprint density at radius 3 is 2.29 bits per heavy atom. The van der Waals surface area contributed by atoms with E-state index in [1.807, 2.05) is 42.5 Å². The maximum atomic E-state index is 12.2. The summed E-state index contributed by atoms with van der Waals surface area (Å²) < 4.78 is 0. The first-order chi connectivity index (χ1) is 11.7. The molecule has 0 atom stereocenters. The average Bonchev–Trinajstić information content (AvgIpc) is 2.91. The van der Waals surface area contributed by atoms with Gasteiger partial charge in [0.1, 0.15) is 0 Å². The van der Waals surface area contributed by atoms with Crippen molar-refractivity contribution in [1.82, 2.24) is 0 Å². The summed E-state index contributed by atoms with van der Waals surface area (Å²) in [5.74, 6) is -0.0978. The maximum Gasteiger partial charge on any atom is 0.256 e. The highest BCUT2D eigenvalue weighted by molar-refractivity contribution is 6.36. The highest BCUT2D eigenvalue weighted by atomic mass is 35.5. The number of halogens is 1. The predicted molar refractivity (Wildman–Crippen MR) is 99.8 cm³/mol. The molecular weight excluding hydrogens is 318 g/mol. The second kappa shape index (κ2) is 5.99. The monoisotopic (exact) mass is 331 g/mol. The number of hydrogen-bond acceptors (Lipinski definition) is 1. The Morgan fingerprint density at radius 2 is 1.54 bits per heavy atom. The van der Waals surface area contributed by atoms with Crippen LogP contribution in [0.4, 0.5) is 5.69 Å². The van der Waals surface area contributed by atoms with Gasteiger partial charge in [0.25, 0.3) is 5.91 Å². The Balaban J connectivity index is 1.68. The van der Waals surface area contributed by atoms with Crippen LogP contribution in [-0.2, 0) is 4.79 Å². The second-order valence-corrected chi connectivity index (χ2v) is 6.13. The predicted octanol–water partition coefficient (Wildman–Crippen LogP) is 5.50. The third-order valence-electron chi connectivity index (χ3n) is 4.09. The van der Waals surface area contributed by atoms with E-state index in [-0.39, 0.29) is 5.91 Å². The van der Waals surface area contributed by atoms with Crippen molar-refractivity contribution in [2.24, 2.45) is 0 Å². The standard InChI is InChI=1S/C21H14ClNO/c22-17-10-11-18-19(21(24)23-20(18)13-17)12-14-6-8-16(9-7-14)15-4-2-1-3-5-15/h1-13H,(H,23,24)/b19-12-. The molecule has 1 heterocycles. The van der Waals surface area contributed by atoms with Crippen LogP contribution in [0.15, 0.2) is 72.8 Å². The van der Waals surface area contributed by atoms with E-state index in [2.05, 4.69) is 29.6 Å². The van der Waals surface area contributed by atoms with Crippen molar-refractivity contribution in [1.29, 1.82) is 0 Å². The fourth-order valence-electron chi connectivity index (χ4n) is 2.88. The van der Waals surface area contributed by atoms with Gasteiger partial charge in [-0.1, -0.05) is 72.3 Å². The van der Waals surface area contributed by atoms with Gasteiger partial charge in [0.05, 0.1) is 5.69 Å². The summed E-state index contributed by atoms with van der Waals surface area (Å²) in [5, 5.41) is 3.47. The zero-order chi connectivity index (χ0) is 16.5. The van der Waals surface area contributed by atoms with Gasteiger partial charge in [-0.3, -0.25) is 4.79 Å². The molecule has 3 aromatic carbocycles. The van der Waals surface area contributed by atoms with E-state index in [1.54, 1.807) is 12.1 Å². The molecule has 0 unspecified atom stereocenters. The van der Waals surface area contributed by atoms with Crippen molar-refractivity contribution >= 4 is 34.8 Å². The van der Waals surface area contributed by atoms with Crippen LogP contribution in [0, 0.1) is 0 Å². The molecule has 1 N–H and O–H groups in total. The van der Waals surface area contributed by atoms with Gasteiger partial charge in [0, 0.05) is 16.2 Å². The third-order valence-corrected chi connectivity index (χ3v) is 4.33. The van der Waals surface area contributed by atoms with Crippen molar-refractivity contribution < 1.29 is 4.79 Å². The molecule has 1 aliphatic heterocycles. The van der Waals surface area contributed by atoms with Gasteiger partial charge in [0.2, 0.25) is 0 Å². The van der Waals surface area contributed by atoms with Crippen LogP contribution in [0.3, 0.4) is 0 Å². The first-order valence-corrected chi connectivity index (χ1v) is 8.07. The normalized spacial score (nSPS) is 14.5. The average molecular weight is 332 g/mol. The number of fused-ring (bicyclic) bond motifs is 1. The Hall–Kier alpha value is -2.84. The first-order valence-electron chi connectivity index (χ1n) is 7.69. The number of nitrogens with one attached hydrogen (secondary N) is 1. The lowest BCUT2D eigenvalue weighted by atomic mass is 10.0. The molecule has 1 amide bonds. The van der Waals surface area contributed by atoms with Crippen LogP contribution >= 0.6 is 11.6 Å². The van der Waals surface area contributed by atoms with E-state index in [0.717, 1.165) is 22.4 Å². The van der Waals surface area contributed by atoms with Crippen LogP contribution in [0.5, 0.6) is 0 Å². The summed E-state index contributed by atoms with van der Waals surface area (Å²) >= 11 is 5.98. The molecule has 0 aliphatic carbocycles. The largest absolute Gasteiger partial charge is 0.321 e. The quantitative estimate of drug-likeness (QED) is 0.617. The molecule has 0 saturated heterocycles. The van der Waals surface area contributed by atoms with Gasteiger partial charge in [-0.15, -0.1) is 0 Å². The Kier molecular flexibility index (Phi) is 3.68. The highest BCUT2D eigenvalue weighted by Gasteiger charge is 2.23. The molecule has 4 rings (SSSR count). The first kappa shape index (κ1) is 14.7. The maximum absolute atomic E-state index is 12.2. The van der Waals surface area contributed by atoms with Crippen LogP contribution in [0.2, 0.25) is 5.02 Å². The van der Waals surface area contributed by atoms with E-state index in [0.29, 0.717) is 10.6 Å². The molecule has 0 spiro atoms. The Bertz CT molecular complexity index is 943. The van der Waals surface area contributed by atoms with Crippen molar-refractivity contribution in [3.05, 3.63) is 88.9 Å². The van der Waals surface area contributed by atoms with Gasteiger partial charge in [0.15, 0.2) is 0 Å². The number of rotatable bonds is 2. The zero-order valence-electron chi connectivity index (χ0n) is 12.8. The van der Waals surface area contributed by atoms with Crippen LogP contribution in [-0.4, -0.2) is 5.91 Å². The summed E-state index contributed by atoms with van der Waals surface area (Å²) in [5.41, 5.74) is 5.63. The Morgan fingerprint density at radius 1 is 0.833 bits per heavy atom. The molecule has 1 aliphatic rings. The molecule has 0 saturated carbocycles. The number of carbonyl (C=O) groups excluding carboxylic acids is 1. The lowest BCUT2D eigenvalue weighted by molar-refractivity contribution is -0.110. The van der Waals surface area contributed by atoms with Gasteiger partial charge >= 0.3 is 0 Å². The number of carbonyl (C=O) groups is 1.